The molecule has 0 saturated heterocycles. The summed E-state index contributed by atoms with van der Waals surface area (Å²) in [5.41, 5.74) is 5.01. The molecule has 3 N–H and O–H groups in total. The summed E-state index contributed by atoms with van der Waals surface area (Å²) in [7, 11) is 0. The zero-order valence-corrected chi connectivity index (χ0v) is 6.02. The minimum absolute atomic E-state index is 0.247. The average Bonchev–Trinajstić information content (AvgIpc) is 1.96. The molecule has 60 valence electrons. The maximum absolute atomic E-state index is 12.2. The van der Waals surface area contributed by atoms with E-state index in [1.807, 2.05) is 0 Å². The molecule has 1 saturated carbocycles. The molecular weight excluding hydrogens is 133 g/mol. The zero-order chi connectivity index (χ0) is 7.61. The molecule has 0 atom stereocenters. The highest BCUT2D eigenvalue weighted by Gasteiger charge is 2.30. The van der Waals surface area contributed by atoms with Crippen molar-refractivity contribution in [1.82, 2.24) is 0 Å². The van der Waals surface area contributed by atoms with E-state index in [0.29, 0.717) is 25.7 Å². The fourth-order valence-corrected chi connectivity index (χ4v) is 1.31. The van der Waals surface area contributed by atoms with E-state index in [2.05, 4.69) is 0 Å². The van der Waals surface area contributed by atoms with Crippen molar-refractivity contribution >= 4 is 0 Å². The van der Waals surface area contributed by atoms with Crippen LogP contribution in [0, 0.1) is 0 Å². The molecule has 0 aromatic heterocycles. The van der Waals surface area contributed by atoms with E-state index in [0.717, 1.165) is 0 Å². The van der Waals surface area contributed by atoms with Gasteiger partial charge in [-0.1, -0.05) is 0 Å². The quantitative estimate of drug-likeness (QED) is 0.570. The molecule has 1 aliphatic carbocycles. The maximum Gasteiger partial charge on any atom is 0.107 e. The van der Waals surface area contributed by atoms with Crippen molar-refractivity contribution in [2.45, 2.75) is 37.3 Å². The lowest BCUT2D eigenvalue weighted by atomic mass is 9.82. The van der Waals surface area contributed by atoms with Crippen molar-refractivity contribution in [2.75, 3.05) is 6.67 Å². The van der Waals surface area contributed by atoms with Crippen LogP contribution in [0.2, 0.25) is 0 Å². The van der Waals surface area contributed by atoms with Crippen LogP contribution in [0.3, 0.4) is 0 Å². The van der Waals surface area contributed by atoms with E-state index in [9.17, 15) is 4.39 Å². The van der Waals surface area contributed by atoms with E-state index in [1.165, 1.54) is 0 Å². The van der Waals surface area contributed by atoms with Crippen LogP contribution in [0.5, 0.6) is 0 Å². The summed E-state index contributed by atoms with van der Waals surface area (Å²) in [6.07, 6.45) is 2.29. The average molecular weight is 147 g/mol. The summed E-state index contributed by atoms with van der Waals surface area (Å²) in [4.78, 5) is 0. The number of rotatable bonds is 1. The molecule has 1 aliphatic rings. The van der Waals surface area contributed by atoms with Crippen LogP contribution >= 0.6 is 0 Å². The molecule has 0 bridgehead atoms. The third kappa shape index (κ3) is 1.67. The first-order chi connectivity index (χ1) is 4.66. The smallest absolute Gasteiger partial charge is 0.107 e. The lowest BCUT2D eigenvalue weighted by Gasteiger charge is -2.32. The molecule has 1 fully saturated rings. The van der Waals surface area contributed by atoms with E-state index in [1.54, 1.807) is 0 Å². The molecule has 1 rings (SSSR count). The third-order valence-corrected chi connectivity index (χ3v) is 2.22. The Hall–Kier alpha value is -0.150. The van der Waals surface area contributed by atoms with Crippen LogP contribution in [0.25, 0.3) is 0 Å². The highest BCUT2D eigenvalue weighted by molar-refractivity contribution is 4.89. The van der Waals surface area contributed by atoms with Gasteiger partial charge in [-0.15, -0.1) is 0 Å². The van der Waals surface area contributed by atoms with Gasteiger partial charge in [-0.25, -0.2) is 4.39 Å². The Morgan fingerprint density at radius 3 is 2.40 bits per heavy atom. The van der Waals surface area contributed by atoms with Gasteiger partial charge in [-0.2, -0.15) is 0 Å². The Balaban J connectivity index is 2.38. The van der Waals surface area contributed by atoms with Gasteiger partial charge < -0.3 is 10.8 Å². The number of nitrogens with two attached hydrogens (primary N) is 1. The van der Waals surface area contributed by atoms with E-state index < -0.39 is 12.2 Å². The standard InChI is InChI=1S/C7H14FNO/c8-5-7(9)3-1-6(10)2-4-7/h6,10H,1-5,9H2. The van der Waals surface area contributed by atoms with Crippen LogP contribution in [-0.2, 0) is 0 Å². The van der Waals surface area contributed by atoms with Crippen LogP contribution in [0.15, 0.2) is 0 Å². The molecule has 0 spiro atoms. The first-order valence-electron chi connectivity index (χ1n) is 3.69. The molecule has 10 heavy (non-hydrogen) atoms. The van der Waals surface area contributed by atoms with Crippen LogP contribution in [0.4, 0.5) is 4.39 Å². The topological polar surface area (TPSA) is 46.2 Å². The van der Waals surface area contributed by atoms with Crippen LogP contribution < -0.4 is 5.73 Å². The molecule has 0 radical (unpaired) electrons. The van der Waals surface area contributed by atoms with E-state index in [4.69, 9.17) is 10.8 Å². The molecule has 0 aromatic rings. The van der Waals surface area contributed by atoms with Crippen molar-refractivity contribution in [1.29, 1.82) is 0 Å². The van der Waals surface area contributed by atoms with Gasteiger partial charge in [0.25, 0.3) is 0 Å². The van der Waals surface area contributed by atoms with Gasteiger partial charge in [0.2, 0.25) is 0 Å². The summed E-state index contributed by atoms with van der Waals surface area (Å²) < 4.78 is 12.2. The minimum atomic E-state index is -0.626. The molecule has 0 amide bonds. The van der Waals surface area contributed by atoms with Crippen molar-refractivity contribution in [3.05, 3.63) is 0 Å². The van der Waals surface area contributed by atoms with Gasteiger partial charge in [0.05, 0.1) is 6.10 Å². The fourth-order valence-electron chi connectivity index (χ4n) is 1.31. The Morgan fingerprint density at radius 2 is 2.00 bits per heavy atom. The number of hydrogen-bond donors (Lipinski definition) is 2. The number of alkyl halides is 1. The lowest BCUT2D eigenvalue weighted by molar-refractivity contribution is 0.0879. The van der Waals surface area contributed by atoms with Gasteiger partial charge in [-0.05, 0) is 25.7 Å². The molecule has 3 heteroatoms. The van der Waals surface area contributed by atoms with Crippen molar-refractivity contribution < 1.29 is 9.50 Å². The zero-order valence-electron chi connectivity index (χ0n) is 6.02. The number of aliphatic hydroxyl groups excluding tert-OH is 1. The molecular formula is C7H14FNO. The highest BCUT2D eigenvalue weighted by atomic mass is 19.1. The molecule has 0 aliphatic heterocycles. The Labute approximate surface area is 60.2 Å². The van der Waals surface area contributed by atoms with Gasteiger partial charge in [0.15, 0.2) is 0 Å². The Morgan fingerprint density at radius 1 is 1.50 bits per heavy atom. The number of hydrogen-bond acceptors (Lipinski definition) is 2. The predicted octanol–water partition coefficient (Wildman–Crippen LogP) is 0.588. The second kappa shape index (κ2) is 2.84. The fraction of sp³-hybridized carbons (Fsp3) is 1.00. The van der Waals surface area contributed by atoms with Crippen molar-refractivity contribution in [3.63, 3.8) is 0 Å². The first kappa shape index (κ1) is 7.95. The van der Waals surface area contributed by atoms with Gasteiger partial charge in [0.1, 0.15) is 6.67 Å². The Kier molecular flexibility index (Phi) is 2.26. The number of aliphatic hydroxyl groups is 1. The molecule has 2 nitrogen and oxygen atoms in total. The van der Waals surface area contributed by atoms with Gasteiger partial charge in [-0.3, -0.25) is 0 Å². The monoisotopic (exact) mass is 147 g/mol. The largest absolute Gasteiger partial charge is 0.393 e. The lowest BCUT2D eigenvalue weighted by Crippen LogP contribution is -2.46. The van der Waals surface area contributed by atoms with Crippen LogP contribution in [-0.4, -0.2) is 23.4 Å². The van der Waals surface area contributed by atoms with E-state index >= 15 is 0 Å². The van der Waals surface area contributed by atoms with E-state index in [-0.39, 0.29) is 6.10 Å². The van der Waals surface area contributed by atoms with Crippen molar-refractivity contribution in [3.8, 4) is 0 Å². The predicted molar refractivity (Wildman–Crippen MR) is 37.4 cm³/mol. The normalized spacial score (nSPS) is 41.7. The summed E-state index contributed by atoms with van der Waals surface area (Å²) >= 11 is 0. The second-order valence-electron chi connectivity index (χ2n) is 3.23. The Bertz CT molecular complexity index is 110. The summed E-state index contributed by atoms with van der Waals surface area (Å²) in [5, 5.41) is 9.06. The minimum Gasteiger partial charge on any atom is -0.393 e. The number of halogens is 1. The summed E-state index contributed by atoms with van der Waals surface area (Å²) in [5.74, 6) is 0. The molecule has 0 unspecified atom stereocenters. The van der Waals surface area contributed by atoms with Crippen LogP contribution in [0.1, 0.15) is 25.7 Å². The van der Waals surface area contributed by atoms with Gasteiger partial charge >= 0.3 is 0 Å². The first-order valence-corrected chi connectivity index (χ1v) is 3.69. The highest BCUT2D eigenvalue weighted by Crippen LogP contribution is 2.26. The molecule has 0 heterocycles. The van der Waals surface area contributed by atoms with Gasteiger partial charge in [0, 0.05) is 5.54 Å². The second-order valence-corrected chi connectivity index (χ2v) is 3.23. The summed E-state index contributed by atoms with van der Waals surface area (Å²) in [6.45, 7) is -0.459. The summed E-state index contributed by atoms with van der Waals surface area (Å²) in [6, 6.07) is 0. The van der Waals surface area contributed by atoms with Crippen molar-refractivity contribution in [2.24, 2.45) is 5.73 Å². The molecule has 0 aromatic carbocycles. The SMILES string of the molecule is NC1(CF)CCC(O)CC1. The maximum atomic E-state index is 12.2. The third-order valence-electron chi connectivity index (χ3n) is 2.22.